The Balaban J connectivity index is 1.03. The average Bonchev–Trinajstić information content (AvgIpc) is 1.55. The Hall–Kier alpha value is -14.9. The van der Waals surface area contributed by atoms with Gasteiger partial charge in [0.2, 0.25) is 0 Å². The van der Waals surface area contributed by atoms with Crippen molar-refractivity contribution in [2.75, 3.05) is 0 Å². The quantitative estimate of drug-likeness (QED) is 0.124. The van der Waals surface area contributed by atoms with Crippen LogP contribution in [-0.4, -0.2) is 29.1 Å². The van der Waals surface area contributed by atoms with Crippen LogP contribution in [0.25, 0.3) is 145 Å². The second-order valence-corrected chi connectivity index (χ2v) is 22.9. The summed E-state index contributed by atoms with van der Waals surface area (Å²) in [6, 6.07) is 90.0. The minimum Gasteiger partial charge on any atom is -0.309 e. The molecule has 0 radical (unpaired) electrons. The van der Waals surface area contributed by atoms with Crippen LogP contribution in [0.2, 0.25) is 0 Å². The zero-order valence-corrected chi connectivity index (χ0v) is 50.4. The van der Waals surface area contributed by atoms with Crippen molar-refractivity contribution in [2.45, 2.75) is 0 Å². The van der Waals surface area contributed by atoms with Crippen molar-refractivity contribution >= 4 is 43.6 Å². The van der Waals surface area contributed by atoms with Crippen LogP contribution >= 0.6 is 0 Å². The fourth-order valence-corrected chi connectivity index (χ4v) is 12.8. The van der Waals surface area contributed by atoms with Crippen molar-refractivity contribution in [1.82, 2.24) is 29.1 Å². The van der Waals surface area contributed by atoms with Crippen molar-refractivity contribution in [3.63, 3.8) is 0 Å². The summed E-state index contributed by atoms with van der Waals surface area (Å²) >= 11 is 0. The van der Waals surface area contributed by atoms with E-state index in [2.05, 4.69) is 94.1 Å². The van der Waals surface area contributed by atoms with E-state index in [1.54, 1.807) is 79.0 Å². The third-order valence-corrected chi connectivity index (χ3v) is 17.2. The van der Waals surface area contributed by atoms with Gasteiger partial charge < -0.3 is 9.13 Å². The van der Waals surface area contributed by atoms with E-state index in [0.29, 0.717) is 101 Å². The van der Waals surface area contributed by atoms with E-state index >= 15 is 0 Å². The van der Waals surface area contributed by atoms with Gasteiger partial charge in [0, 0.05) is 61.8 Å². The summed E-state index contributed by atoms with van der Waals surface area (Å²) in [6.45, 7) is 0. The molecule has 15 aromatic rings. The normalized spacial score (nSPS) is 10.8. The van der Waals surface area contributed by atoms with Crippen LogP contribution in [0, 0.1) is 90.6 Å². The van der Waals surface area contributed by atoms with Gasteiger partial charge in [-0.25, -0.2) is 15.0 Å². The molecule has 0 atom stereocenters. The SMILES string of the molecule is N#Cc1cc(C#N)cc(-c2ccc3c(c2)c2cc(-c4cc(C#N)cc(C#N)c4)ccc2n3-c2ccncc2-c2cc(-c3nc(-c4ccccc4)nc(-c4ccccc4)n3)ccc2-n2c3ccc(-c4cc(C#N)cc(C#N)c4)cc3c3cc(-c4cc(C#N)cc(C#N)c4)ccc32)c1. The molecule has 11 aromatic carbocycles. The number of nitrogens with zero attached hydrogens (tertiary/aromatic N) is 14. The summed E-state index contributed by atoms with van der Waals surface area (Å²) in [5.74, 6) is 1.35. The molecule has 0 aliphatic carbocycles. The van der Waals surface area contributed by atoms with Gasteiger partial charge in [0.25, 0.3) is 0 Å². The van der Waals surface area contributed by atoms with E-state index in [9.17, 15) is 42.1 Å². The second kappa shape index (κ2) is 23.8. The summed E-state index contributed by atoms with van der Waals surface area (Å²) < 4.78 is 4.39. The van der Waals surface area contributed by atoms with Crippen molar-refractivity contribution in [3.8, 4) is 150 Å². The van der Waals surface area contributed by atoms with E-state index in [4.69, 9.17) is 19.9 Å². The summed E-state index contributed by atoms with van der Waals surface area (Å²) in [5, 5.41) is 84.2. The first-order chi connectivity index (χ1) is 47.1. The molecule has 15 rings (SSSR count). The molecule has 4 aromatic heterocycles. The van der Waals surface area contributed by atoms with E-state index < -0.39 is 0 Å². The zero-order valence-electron chi connectivity index (χ0n) is 50.4. The lowest BCUT2D eigenvalue weighted by atomic mass is 9.97. The number of fused-ring (bicyclic) bond motifs is 6. The number of aromatic nitrogens is 6. The second-order valence-electron chi connectivity index (χ2n) is 22.9. The summed E-state index contributed by atoms with van der Waals surface area (Å²) in [6.07, 6.45) is 3.60. The molecule has 4 heterocycles. The molecule has 0 fully saturated rings. The molecule has 0 aliphatic heterocycles. The highest BCUT2D eigenvalue weighted by Crippen LogP contribution is 2.45. The molecule has 0 unspecified atom stereocenters. The monoisotopic (exact) mass is 1220 g/mol. The smallest absolute Gasteiger partial charge is 0.164 e. The minimum atomic E-state index is 0.338. The maximum absolute atomic E-state index is 10.1. The average molecular weight is 1220 g/mol. The Morgan fingerprint density at radius 2 is 0.531 bits per heavy atom. The third-order valence-electron chi connectivity index (χ3n) is 17.2. The lowest BCUT2D eigenvalue weighted by molar-refractivity contribution is 1.07. The van der Waals surface area contributed by atoms with E-state index in [0.717, 1.165) is 88.4 Å². The van der Waals surface area contributed by atoms with Crippen LogP contribution in [0.3, 0.4) is 0 Å². The largest absolute Gasteiger partial charge is 0.309 e. The van der Waals surface area contributed by atoms with Crippen molar-refractivity contribution in [2.24, 2.45) is 0 Å². The molecule has 14 heteroatoms. The molecule has 0 spiro atoms. The summed E-state index contributed by atoms with van der Waals surface area (Å²) in [5.41, 5.74) is 16.7. The van der Waals surface area contributed by atoms with E-state index in [1.165, 1.54) is 0 Å². The van der Waals surface area contributed by atoms with Gasteiger partial charge in [-0.15, -0.1) is 0 Å². The molecule has 0 bridgehead atoms. The van der Waals surface area contributed by atoms with Gasteiger partial charge in [-0.3, -0.25) is 4.98 Å². The first-order valence-corrected chi connectivity index (χ1v) is 30.1. The Labute approximate surface area is 549 Å². The van der Waals surface area contributed by atoms with Crippen molar-refractivity contribution < 1.29 is 0 Å². The molecule has 438 valence electrons. The fourth-order valence-electron chi connectivity index (χ4n) is 12.8. The number of hydrogen-bond donors (Lipinski definition) is 0. The minimum absolute atomic E-state index is 0.338. The Bertz CT molecular complexity index is 5750. The molecule has 14 nitrogen and oxygen atoms in total. The van der Waals surface area contributed by atoms with Crippen LogP contribution in [0.1, 0.15) is 44.5 Å². The molecular formula is C82H40N14. The van der Waals surface area contributed by atoms with Crippen LogP contribution in [0.15, 0.2) is 243 Å². The standard InChI is InChI=1S/C82H40N14/c83-40-49-23-50(41-84)28-64(27-49)59-11-16-74-68(35-59)69-36-60(65-29-51(42-85)24-52(30-65)43-86)12-17-75(69)95(74)78-20-15-63(82-93-80(57-7-3-1-4-8-57)92-81(94-82)58-9-5-2-6-10-58)39-72(78)73-48-91-22-21-79(73)96-76-18-13-61(66-31-53(44-87)25-54(32-66)45-88)37-70(76)71-38-62(14-19-77(71)96)67-33-55(46-89)26-56(34-67)47-90/h1-39,48H. The first kappa shape index (κ1) is 57.5. The van der Waals surface area contributed by atoms with Crippen LogP contribution in [-0.2, 0) is 0 Å². The predicted molar refractivity (Wildman–Crippen MR) is 368 cm³/mol. The number of rotatable bonds is 10. The van der Waals surface area contributed by atoms with Gasteiger partial charge in [-0.05, 0) is 190 Å². The lowest BCUT2D eigenvalue weighted by Gasteiger charge is -2.19. The molecule has 0 saturated carbocycles. The predicted octanol–water partition coefficient (Wildman–Crippen LogP) is 17.8. The van der Waals surface area contributed by atoms with E-state index in [-0.39, 0.29) is 0 Å². The zero-order chi connectivity index (χ0) is 65.6. The number of benzene rings is 11. The van der Waals surface area contributed by atoms with Gasteiger partial charge in [-0.1, -0.05) is 84.9 Å². The van der Waals surface area contributed by atoms with Crippen LogP contribution < -0.4 is 0 Å². The molecule has 0 saturated heterocycles. The molecular weight excluding hydrogens is 1180 g/mol. The van der Waals surface area contributed by atoms with Crippen molar-refractivity contribution in [1.29, 1.82) is 42.1 Å². The van der Waals surface area contributed by atoms with Crippen molar-refractivity contribution in [3.05, 3.63) is 287 Å². The first-order valence-electron chi connectivity index (χ1n) is 30.1. The van der Waals surface area contributed by atoms with E-state index in [1.807, 2.05) is 128 Å². The van der Waals surface area contributed by atoms with Gasteiger partial charge in [-0.2, -0.15) is 42.1 Å². The fraction of sp³-hybridized carbons (Fsp3) is 0. The summed E-state index contributed by atoms with van der Waals surface area (Å²) in [7, 11) is 0. The highest BCUT2D eigenvalue weighted by atomic mass is 15.0. The lowest BCUT2D eigenvalue weighted by Crippen LogP contribution is -2.04. The Morgan fingerprint density at radius 3 is 0.844 bits per heavy atom. The molecule has 0 N–H and O–H groups in total. The van der Waals surface area contributed by atoms with Gasteiger partial charge in [0.15, 0.2) is 17.5 Å². The summed E-state index contributed by atoms with van der Waals surface area (Å²) in [4.78, 5) is 20.4. The van der Waals surface area contributed by atoms with Gasteiger partial charge >= 0.3 is 0 Å². The van der Waals surface area contributed by atoms with Gasteiger partial charge in [0.1, 0.15) is 0 Å². The molecule has 0 aliphatic rings. The number of pyridine rings is 1. The maximum atomic E-state index is 10.1. The highest BCUT2D eigenvalue weighted by Gasteiger charge is 2.25. The Morgan fingerprint density at radius 1 is 0.240 bits per heavy atom. The number of hydrogen-bond acceptors (Lipinski definition) is 12. The Kier molecular flexibility index (Phi) is 14.3. The van der Waals surface area contributed by atoms with Gasteiger partial charge in [0.05, 0.1) is 127 Å². The van der Waals surface area contributed by atoms with Crippen LogP contribution in [0.4, 0.5) is 0 Å². The molecule has 0 amide bonds. The topological polar surface area (TPSA) is 252 Å². The molecule has 96 heavy (non-hydrogen) atoms. The maximum Gasteiger partial charge on any atom is 0.164 e. The van der Waals surface area contributed by atoms with Crippen LogP contribution in [0.5, 0.6) is 0 Å². The highest BCUT2D eigenvalue weighted by molar-refractivity contribution is 6.14. The number of nitriles is 8. The third kappa shape index (κ3) is 10.2.